The number of H-pyrrole nitrogens is 1. The number of hydrogen-bond donors (Lipinski definition) is 1. The van der Waals surface area contributed by atoms with E-state index in [0.717, 1.165) is 48.0 Å². The van der Waals surface area contributed by atoms with Crippen LogP contribution in [0.2, 0.25) is 4.34 Å². The van der Waals surface area contributed by atoms with E-state index in [1.807, 2.05) is 41.3 Å². The summed E-state index contributed by atoms with van der Waals surface area (Å²) in [6.07, 6.45) is 0. The fraction of sp³-hybridized carbons (Fsp3) is 0.278. The van der Waals surface area contributed by atoms with Crippen molar-refractivity contribution in [1.82, 2.24) is 14.8 Å². The van der Waals surface area contributed by atoms with Gasteiger partial charge in [0.05, 0.1) is 4.34 Å². The first-order valence-electron chi connectivity index (χ1n) is 8.03. The van der Waals surface area contributed by atoms with Crippen LogP contribution in [-0.2, 0) is 6.54 Å². The number of thiophene rings is 1. The Hall–Kier alpha value is -1.82. The van der Waals surface area contributed by atoms with E-state index in [9.17, 15) is 4.79 Å². The number of hydrogen-bond acceptors (Lipinski definition) is 3. The lowest BCUT2D eigenvalue weighted by Crippen LogP contribution is -2.48. The molecule has 1 fully saturated rings. The molecule has 0 spiro atoms. The highest BCUT2D eigenvalue weighted by Gasteiger charge is 2.23. The number of benzene rings is 1. The van der Waals surface area contributed by atoms with Gasteiger partial charge in [-0.25, -0.2) is 0 Å². The van der Waals surface area contributed by atoms with Crippen molar-refractivity contribution < 1.29 is 4.79 Å². The first-order valence-corrected chi connectivity index (χ1v) is 9.22. The highest BCUT2D eigenvalue weighted by molar-refractivity contribution is 7.16. The van der Waals surface area contributed by atoms with Crippen molar-refractivity contribution in [3.8, 4) is 0 Å². The Balaban J connectivity index is 1.39. The minimum atomic E-state index is 0.0880. The Kier molecular flexibility index (Phi) is 4.31. The zero-order valence-electron chi connectivity index (χ0n) is 13.2. The third kappa shape index (κ3) is 3.20. The third-order valence-electron chi connectivity index (χ3n) is 4.43. The molecule has 124 valence electrons. The first-order chi connectivity index (χ1) is 11.7. The standard InChI is InChI=1S/C18H18ClN3OS/c19-17-6-5-14(24-17)12-21-7-9-22(10-8-21)18(23)16-11-13-3-1-2-4-15(13)20-16/h1-6,11,20H,7-10,12H2. The average molecular weight is 360 g/mol. The molecule has 0 unspecified atom stereocenters. The molecule has 0 aliphatic carbocycles. The lowest BCUT2D eigenvalue weighted by Gasteiger charge is -2.34. The Labute approximate surface area is 149 Å². The molecule has 1 aliphatic rings. The lowest BCUT2D eigenvalue weighted by atomic mass is 10.2. The van der Waals surface area contributed by atoms with E-state index in [0.29, 0.717) is 5.69 Å². The van der Waals surface area contributed by atoms with Gasteiger partial charge in [-0.2, -0.15) is 0 Å². The molecule has 2 aromatic heterocycles. The topological polar surface area (TPSA) is 39.3 Å². The molecule has 6 heteroatoms. The molecule has 4 rings (SSSR count). The van der Waals surface area contributed by atoms with Crippen LogP contribution in [0.3, 0.4) is 0 Å². The van der Waals surface area contributed by atoms with Crippen molar-refractivity contribution in [3.05, 3.63) is 57.4 Å². The number of aromatic nitrogens is 1. The summed E-state index contributed by atoms with van der Waals surface area (Å²) < 4.78 is 0.831. The summed E-state index contributed by atoms with van der Waals surface area (Å²) in [5, 5.41) is 1.08. The average Bonchev–Trinajstić information content (AvgIpc) is 3.21. The maximum Gasteiger partial charge on any atom is 0.270 e. The Morgan fingerprint density at radius 3 is 2.62 bits per heavy atom. The largest absolute Gasteiger partial charge is 0.351 e. The molecule has 0 bridgehead atoms. The highest BCUT2D eigenvalue weighted by atomic mass is 35.5. The lowest BCUT2D eigenvalue weighted by molar-refractivity contribution is 0.0625. The predicted octanol–water partition coefficient (Wildman–Crippen LogP) is 3.84. The number of piperazine rings is 1. The van der Waals surface area contributed by atoms with Crippen LogP contribution in [0, 0.1) is 0 Å². The number of rotatable bonds is 3. The molecule has 4 nitrogen and oxygen atoms in total. The Morgan fingerprint density at radius 2 is 1.92 bits per heavy atom. The van der Waals surface area contributed by atoms with Gasteiger partial charge in [-0.1, -0.05) is 29.8 Å². The van der Waals surface area contributed by atoms with Crippen molar-refractivity contribution in [1.29, 1.82) is 0 Å². The van der Waals surface area contributed by atoms with Crippen molar-refractivity contribution in [2.75, 3.05) is 26.2 Å². The fourth-order valence-corrected chi connectivity index (χ4v) is 4.26. The van der Waals surface area contributed by atoms with Gasteiger partial charge in [0.1, 0.15) is 5.69 Å². The molecule has 24 heavy (non-hydrogen) atoms. The van der Waals surface area contributed by atoms with Gasteiger partial charge in [0.25, 0.3) is 5.91 Å². The molecule has 1 aromatic carbocycles. The second-order valence-corrected chi connectivity index (χ2v) is 7.84. The number of carbonyl (C=O) groups is 1. The van der Waals surface area contributed by atoms with Crippen LogP contribution >= 0.6 is 22.9 Å². The summed E-state index contributed by atoms with van der Waals surface area (Å²) in [6.45, 7) is 4.20. The maximum absolute atomic E-state index is 12.7. The van der Waals surface area contributed by atoms with Gasteiger partial charge in [0, 0.05) is 48.5 Å². The normalized spacial score (nSPS) is 16.0. The number of halogens is 1. The van der Waals surface area contributed by atoms with Gasteiger partial charge in [-0.3, -0.25) is 9.69 Å². The van der Waals surface area contributed by atoms with E-state index in [1.54, 1.807) is 11.3 Å². The summed E-state index contributed by atoms with van der Waals surface area (Å²) in [7, 11) is 0. The van der Waals surface area contributed by atoms with Crippen LogP contribution in [0.25, 0.3) is 10.9 Å². The quantitative estimate of drug-likeness (QED) is 0.771. The van der Waals surface area contributed by atoms with Gasteiger partial charge < -0.3 is 9.88 Å². The highest BCUT2D eigenvalue weighted by Crippen LogP contribution is 2.23. The smallest absolute Gasteiger partial charge is 0.270 e. The van der Waals surface area contributed by atoms with Crippen molar-refractivity contribution in [2.24, 2.45) is 0 Å². The van der Waals surface area contributed by atoms with Crippen LogP contribution in [0.1, 0.15) is 15.4 Å². The van der Waals surface area contributed by atoms with E-state index in [1.165, 1.54) is 4.88 Å². The molecule has 3 aromatic rings. The number of aromatic amines is 1. The van der Waals surface area contributed by atoms with Gasteiger partial charge in [0.2, 0.25) is 0 Å². The SMILES string of the molecule is O=C(c1cc2ccccc2[nH]1)N1CCN(Cc2ccc(Cl)s2)CC1. The molecule has 1 amide bonds. The molecule has 1 N–H and O–H groups in total. The summed E-state index contributed by atoms with van der Waals surface area (Å²) in [5.74, 6) is 0.0880. The van der Waals surface area contributed by atoms with Crippen LogP contribution < -0.4 is 0 Å². The van der Waals surface area contributed by atoms with Crippen LogP contribution in [0.15, 0.2) is 42.5 Å². The predicted molar refractivity (Wildman–Crippen MR) is 98.8 cm³/mol. The van der Waals surface area contributed by atoms with E-state index < -0.39 is 0 Å². The van der Waals surface area contributed by atoms with E-state index >= 15 is 0 Å². The molecular weight excluding hydrogens is 342 g/mol. The Bertz CT molecular complexity index is 831. The van der Waals surface area contributed by atoms with Crippen molar-refractivity contribution >= 4 is 39.7 Å². The van der Waals surface area contributed by atoms with Crippen LogP contribution in [0.4, 0.5) is 0 Å². The minimum Gasteiger partial charge on any atom is -0.351 e. The van der Waals surface area contributed by atoms with Crippen molar-refractivity contribution in [3.63, 3.8) is 0 Å². The zero-order valence-corrected chi connectivity index (χ0v) is 14.7. The number of amides is 1. The van der Waals surface area contributed by atoms with Gasteiger partial charge in [0.15, 0.2) is 0 Å². The van der Waals surface area contributed by atoms with E-state index in [4.69, 9.17) is 11.6 Å². The van der Waals surface area contributed by atoms with Gasteiger partial charge in [-0.05, 0) is 24.3 Å². The molecule has 3 heterocycles. The number of fused-ring (bicyclic) bond motifs is 1. The van der Waals surface area contributed by atoms with E-state index in [2.05, 4.69) is 16.0 Å². The number of nitrogens with one attached hydrogen (secondary N) is 1. The number of para-hydroxylation sites is 1. The molecular formula is C18H18ClN3OS. The van der Waals surface area contributed by atoms with Crippen LogP contribution in [-0.4, -0.2) is 46.9 Å². The third-order valence-corrected chi connectivity index (χ3v) is 5.64. The molecule has 1 saturated heterocycles. The second-order valence-electron chi connectivity index (χ2n) is 6.04. The first kappa shape index (κ1) is 15.7. The van der Waals surface area contributed by atoms with Gasteiger partial charge in [-0.15, -0.1) is 11.3 Å². The number of carbonyl (C=O) groups excluding carboxylic acids is 1. The minimum absolute atomic E-state index is 0.0880. The summed E-state index contributed by atoms with van der Waals surface area (Å²) in [4.78, 5) is 21.5. The molecule has 0 atom stereocenters. The summed E-state index contributed by atoms with van der Waals surface area (Å²) >= 11 is 7.61. The van der Waals surface area contributed by atoms with Crippen molar-refractivity contribution in [2.45, 2.75) is 6.54 Å². The summed E-state index contributed by atoms with van der Waals surface area (Å²) in [6, 6.07) is 13.9. The van der Waals surface area contributed by atoms with Crippen LogP contribution in [0.5, 0.6) is 0 Å². The molecule has 0 radical (unpaired) electrons. The molecule has 1 aliphatic heterocycles. The second kappa shape index (κ2) is 6.59. The maximum atomic E-state index is 12.7. The van der Waals surface area contributed by atoms with Gasteiger partial charge >= 0.3 is 0 Å². The summed E-state index contributed by atoms with van der Waals surface area (Å²) in [5.41, 5.74) is 1.68. The number of nitrogens with zero attached hydrogens (tertiary/aromatic N) is 2. The zero-order chi connectivity index (χ0) is 16.5. The van der Waals surface area contributed by atoms with E-state index in [-0.39, 0.29) is 5.91 Å². The Morgan fingerprint density at radius 1 is 1.12 bits per heavy atom. The molecule has 0 saturated carbocycles. The fourth-order valence-electron chi connectivity index (χ4n) is 3.13. The monoisotopic (exact) mass is 359 g/mol.